The Morgan fingerprint density at radius 1 is 0.955 bits per heavy atom. The van der Waals surface area contributed by atoms with Gasteiger partial charge >= 0.3 is 0 Å². The van der Waals surface area contributed by atoms with Gasteiger partial charge in [-0.1, -0.05) is 29.8 Å². The number of benzene rings is 3. The van der Waals surface area contributed by atoms with E-state index in [9.17, 15) is 23.3 Å². The first-order chi connectivity index (χ1) is 32.0. The Balaban J connectivity index is 0.871. The lowest BCUT2D eigenvalue weighted by atomic mass is 9.60. The molecule has 66 heavy (non-hydrogen) atoms. The van der Waals surface area contributed by atoms with E-state index in [1.54, 1.807) is 12.3 Å². The third-order valence-corrected chi connectivity index (χ3v) is 16.7. The first-order valence-corrected chi connectivity index (χ1v) is 25.0. The van der Waals surface area contributed by atoms with Gasteiger partial charge in [0.05, 0.1) is 40.3 Å². The molecule has 5 aliphatic heterocycles. The molecule has 5 fully saturated rings. The molecule has 6 aliphatic rings. The van der Waals surface area contributed by atoms with Gasteiger partial charge in [-0.15, -0.1) is 0 Å². The molecule has 3 aromatic carbocycles. The normalized spacial score (nSPS) is 23.3. The monoisotopic (exact) mass is 936 g/mol. The summed E-state index contributed by atoms with van der Waals surface area (Å²) < 4.78 is 48.2. The second kappa shape index (κ2) is 17.3. The van der Waals surface area contributed by atoms with Crippen LogP contribution in [0.2, 0.25) is 5.02 Å². The number of hydrogen-bond acceptors (Lipinski definition) is 13. The number of ether oxygens (including phenoxy) is 3. The molecule has 1 aliphatic carbocycles. The van der Waals surface area contributed by atoms with Crippen molar-refractivity contribution in [3.8, 4) is 5.88 Å². The Bertz CT molecular complexity index is 2790. The number of sulfonamides is 1. The van der Waals surface area contributed by atoms with E-state index in [-0.39, 0.29) is 28.6 Å². The van der Waals surface area contributed by atoms with Crippen molar-refractivity contribution in [2.75, 3.05) is 67.7 Å². The predicted molar refractivity (Wildman–Crippen MR) is 251 cm³/mol. The van der Waals surface area contributed by atoms with Crippen LogP contribution in [0.5, 0.6) is 5.88 Å². The van der Waals surface area contributed by atoms with Crippen LogP contribution in [0, 0.1) is 21.4 Å². The number of halogens is 1. The number of fused-ring (bicyclic) bond motifs is 3. The molecule has 1 spiro atoms. The van der Waals surface area contributed by atoms with Crippen molar-refractivity contribution in [2.24, 2.45) is 11.3 Å². The minimum Gasteiger partial charge on any atom is -0.468 e. The van der Waals surface area contributed by atoms with Gasteiger partial charge in [-0.2, -0.15) is 4.98 Å². The van der Waals surface area contributed by atoms with Gasteiger partial charge in [0.25, 0.3) is 21.6 Å². The first kappa shape index (κ1) is 43.1. The molecule has 0 unspecified atom stereocenters. The predicted octanol–water partition coefficient (Wildman–Crippen LogP) is 7.97. The van der Waals surface area contributed by atoms with Crippen LogP contribution in [0.15, 0.2) is 83.9 Å². The van der Waals surface area contributed by atoms with E-state index in [1.807, 2.05) is 41.3 Å². The molecule has 18 heteroatoms. The standard InChI is InChI=1S/C48H53ClN8O8S/c49-37-5-2-1-4-35(37)39-6-3-17-55(39)33-25-48(26-33)14-18-54(19-15-48)32-7-9-36(40(23-32)56-42-22-31-11-16-50-45(31)52-47(42)65-44-29-64-28-43(44)56)46(58)53-66(61,62)34-8-10-38(41(24-34)57(59)60)51-27-30-12-20-63-21-13-30/h1-2,4-5,7-11,16,22-24,30,33,39,43-44,51H,3,6,12-15,17-21,25-29H2,(H,50,52)(H,53,58)/t39-,43+,44+/m0/s1. The van der Waals surface area contributed by atoms with Crippen LogP contribution in [-0.2, 0) is 19.5 Å². The molecule has 4 saturated heterocycles. The molecule has 0 bridgehead atoms. The zero-order valence-corrected chi connectivity index (χ0v) is 38.1. The lowest BCUT2D eigenvalue weighted by molar-refractivity contribution is -0.384. The number of hydrogen-bond donors (Lipinski definition) is 3. The minimum absolute atomic E-state index is 0.105. The number of nitrogens with zero attached hydrogens (tertiary/aromatic N) is 5. The van der Waals surface area contributed by atoms with Gasteiger partial charge in [-0.3, -0.25) is 19.8 Å². The number of anilines is 4. The summed E-state index contributed by atoms with van der Waals surface area (Å²) in [4.78, 5) is 40.8. The maximum Gasteiger partial charge on any atom is 0.293 e. The fourth-order valence-corrected chi connectivity index (χ4v) is 12.6. The fourth-order valence-electron chi connectivity index (χ4n) is 11.4. The van der Waals surface area contributed by atoms with Gasteiger partial charge in [-0.05, 0) is 123 Å². The summed E-state index contributed by atoms with van der Waals surface area (Å²) in [6, 6.07) is 21.8. The molecule has 2 aromatic heterocycles. The zero-order valence-electron chi connectivity index (χ0n) is 36.5. The number of aromatic amines is 1. The molecule has 346 valence electrons. The maximum atomic E-state index is 14.5. The molecule has 3 atom stereocenters. The summed E-state index contributed by atoms with van der Waals surface area (Å²) in [5.74, 6) is -0.240. The van der Waals surface area contributed by atoms with Crippen molar-refractivity contribution in [3.05, 3.63) is 105 Å². The number of H-pyrrole nitrogens is 1. The topological polar surface area (TPSA) is 184 Å². The van der Waals surface area contributed by atoms with Gasteiger partial charge < -0.3 is 34.3 Å². The van der Waals surface area contributed by atoms with Gasteiger partial charge in [0, 0.05) is 73.3 Å². The van der Waals surface area contributed by atoms with Crippen LogP contribution in [0.4, 0.5) is 28.4 Å². The lowest BCUT2D eigenvalue weighted by Crippen LogP contribution is -2.55. The van der Waals surface area contributed by atoms with E-state index in [2.05, 4.69) is 37.0 Å². The summed E-state index contributed by atoms with van der Waals surface area (Å²) in [7, 11) is -4.59. The summed E-state index contributed by atoms with van der Waals surface area (Å²) in [5, 5.41) is 17.1. The number of nitrogens with one attached hydrogen (secondary N) is 3. The number of carbonyl (C=O) groups is 1. The van der Waals surface area contributed by atoms with Crippen LogP contribution in [0.25, 0.3) is 11.0 Å². The van der Waals surface area contributed by atoms with Crippen molar-refractivity contribution < 1.29 is 32.3 Å². The Morgan fingerprint density at radius 3 is 2.58 bits per heavy atom. The van der Waals surface area contributed by atoms with Gasteiger partial charge in [0.1, 0.15) is 23.1 Å². The Morgan fingerprint density at radius 2 is 1.77 bits per heavy atom. The maximum absolute atomic E-state index is 14.5. The number of carbonyl (C=O) groups excluding carboxylic acids is 1. The van der Waals surface area contributed by atoms with Crippen LogP contribution < -0.4 is 24.6 Å². The van der Waals surface area contributed by atoms with E-state index in [1.165, 1.54) is 24.1 Å². The SMILES string of the molecule is O=C(NS(=O)(=O)c1ccc(NCC2CCOCC2)c([N+](=O)[O-])c1)c1ccc(N2CCC3(CC2)CC(N2CCC[C@H]2c2ccccc2Cl)C3)cc1N1c2cc3cc[nH]c3nc2O[C@@H]2COC[C@H]21. The zero-order chi connectivity index (χ0) is 45.2. The van der Waals surface area contributed by atoms with E-state index >= 15 is 0 Å². The van der Waals surface area contributed by atoms with E-state index < -0.39 is 37.5 Å². The number of nitro benzene ring substituents is 1. The highest BCUT2D eigenvalue weighted by Gasteiger charge is 2.50. The second-order valence-electron chi connectivity index (χ2n) is 18.8. The van der Waals surface area contributed by atoms with Crippen LogP contribution in [0.1, 0.15) is 73.3 Å². The van der Waals surface area contributed by atoms with Crippen molar-refractivity contribution in [1.29, 1.82) is 0 Å². The highest BCUT2D eigenvalue weighted by atomic mass is 35.5. The lowest BCUT2D eigenvalue weighted by Gasteiger charge is -2.56. The Kier molecular flexibility index (Phi) is 11.3. The van der Waals surface area contributed by atoms with E-state index in [0.29, 0.717) is 68.0 Å². The van der Waals surface area contributed by atoms with E-state index in [4.69, 9.17) is 30.8 Å². The second-order valence-corrected chi connectivity index (χ2v) is 20.9. The largest absolute Gasteiger partial charge is 0.468 e. The molecule has 16 nitrogen and oxygen atoms in total. The van der Waals surface area contributed by atoms with Crippen molar-refractivity contribution >= 4 is 67.0 Å². The highest BCUT2D eigenvalue weighted by molar-refractivity contribution is 7.90. The van der Waals surface area contributed by atoms with Gasteiger partial charge in [-0.25, -0.2) is 13.1 Å². The third-order valence-electron chi connectivity index (χ3n) is 15.0. The van der Waals surface area contributed by atoms with Gasteiger partial charge in [0.15, 0.2) is 0 Å². The minimum atomic E-state index is -4.59. The number of amides is 1. The summed E-state index contributed by atoms with van der Waals surface area (Å²) in [5.41, 5.74) is 4.06. The molecule has 1 amide bonds. The summed E-state index contributed by atoms with van der Waals surface area (Å²) in [6.45, 7) is 5.11. The first-order valence-electron chi connectivity index (χ1n) is 23.1. The van der Waals surface area contributed by atoms with Gasteiger partial charge in [0.2, 0.25) is 5.88 Å². The molecule has 7 heterocycles. The average Bonchev–Trinajstić information content (AvgIpc) is 4.11. The fraction of sp³-hybridized carbons (Fsp3) is 0.458. The Hall–Kier alpha value is -5.46. The molecule has 11 rings (SSSR count). The smallest absolute Gasteiger partial charge is 0.293 e. The highest BCUT2D eigenvalue weighted by Crippen LogP contribution is 2.55. The molecule has 3 N–H and O–H groups in total. The molecule has 1 saturated carbocycles. The summed E-state index contributed by atoms with van der Waals surface area (Å²) in [6.07, 6.45) is 9.74. The Labute approximate surface area is 388 Å². The van der Waals surface area contributed by atoms with Crippen LogP contribution in [-0.4, -0.2) is 105 Å². The number of rotatable bonds is 11. The van der Waals surface area contributed by atoms with Crippen LogP contribution in [0.3, 0.4) is 0 Å². The van der Waals surface area contributed by atoms with E-state index in [0.717, 1.165) is 86.7 Å². The number of aromatic nitrogens is 2. The molecule has 0 radical (unpaired) electrons. The van der Waals surface area contributed by atoms with Crippen molar-refractivity contribution in [1.82, 2.24) is 19.6 Å². The number of likely N-dealkylation sites (tertiary alicyclic amines) is 1. The third kappa shape index (κ3) is 8.01. The average molecular weight is 938 g/mol. The van der Waals surface area contributed by atoms with Crippen molar-refractivity contribution in [3.63, 3.8) is 0 Å². The molecule has 5 aromatic rings. The van der Waals surface area contributed by atoms with Crippen LogP contribution >= 0.6 is 11.6 Å². The molecular weight excluding hydrogens is 884 g/mol. The molecular formula is C48H53ClN8O8S. The quantitative estimate of drug-likeness (QED) is 0.0857. The summed E-state index contributed by atoms with van der Waals surface area (Å²) >= 11 is 6.68. The number of nitro groups is 1. The van der Waals surface area contributed by atoms with Crippen molar-refractivity contribution in [2.45, 2.75) is 80.5 Å². The number of pyridine rings is 1. The number of piperidine rings is 1.